The Kier molecular flexibility index (Phi) is 33.8. The summed E-state index contributed by atoms with van der Waals surface area (Å²) in [6.45, 7) is 6.17. The summed E-state index contributed by atoms with van der Waals surface area (Å²) in [7, 11) is 4.72. The van der Waals surface area contributed by atoms with E-state index < -0.39 is 17.6 Å². The molecule has 79 heavy (non-hydrogen) atoms. The Bertz CT molecular complexity index is 2070. The normalized spacial score (nSPS) is 13.1. The number of carbonyl (C=O) groups is 5. The summed E-state index contributed by atoms with van der Waals surface area (Å²) in [6.07, 6.45) is 18.5. The van der Waals surface area contributed by atoms with Gasteiger partial charge in [0.2, 0.25) is 23.6 Å². The van der Waals surface area contributed by atoms with Crippen molar-refractivity contribution in [1.82, 2.24) is 20.9 Å². The number of piperidine rings is 1. The summed E-state index contributed by atoms with van der Waals surface area (Å²) in [5, 5.41) is 8.42. The number of hydrogen-bond donors (Lipinski definition) is 3. The highest BCUT2D eigenvalue weighted by Gasteiger charge is 2.40. The Balaban J connectivity index is 1.19. The Morgan fingerprint density at radius 1 is 0.557 bits per heavy atom. The number of nitrogens with zero attached hydrogens (tertiary/aromatic N) is 1. The first-order chi connectivity index (χ1) is 38.6. The first-order valence-corrected chi connectivity index (χ1v) is 29.1. The predicted molar refractivity (Wildman–Crippen MR) is 305 cm³/mol. The van der Waals surface area contributed by atoms with E-state index in [2.05, 4.69) is 22.9 Å². The van der Waals surface area contributed by atoms with Gasteiger partial charge in [-0.1, -0.05) is 139 Å². The maximum atomic E-state index is 14.6. The van der Waals surface area contributed by atoms with E-state index >= 15 is 0 Å². The molecule has 4 amide bonds. The molecule has 0 radical (unpaired) electrons. The molecule has 3 aromatic rings. The standard InChI is InChI=1S/C62H94N4O13/c1-5-6-7-8-9-10-11-12-13-14-15-16-20-23-58(68)64-37-41-75-43-45-77-47-46-76-44-42-74-40-36-59(69)65-56(61(71)66-38-34-50(35-39-66)48-78-60(70)33-32-57(67)63-2)49-79-62(51-21-18-17-19-22-51,52-24-28-54(72-3)29-25-52)53-26-30-55(73-4)31-27-53/h17-19,21-22,24-31,50,56H,5-16,20,23,32-49H2,1-4H3,(H,63,67)(H,64,68)(H,65,69)/t56-/m0/s1. The molecular weight excluding hydrogens is 1010 g/mol. The third-order valence-electron chi connectivity index (χ3n) is 14.2. The van der Waals surface area contributed by atoms with Crippen molar-refractivity contribution in [3.63, 3.8) is 0 Å². The van der Waals surface area contributed by atoms with Gasteiger partial charge in [-0.2, -0.15) is 0 Å². The summed E-state index contributed by atoms with van der Waals surface area (Å²) in [4.78, 5) is 66.1. The number of unbranched alkanes of at least 4 members (excludes halogenated alkanes) is 12. The van der Waals surface area contributed by atoms with Crippen molar-refractivity contribution >= 4 is 29.6 Å². The molecule has 4 rings (SSSR count). The summed E-state index contributed by atoms with van der Waals surface area (Å²) >= 11 is 0. The van der Waals surface area contributed by atoms with Gasteiger partial charge in [-0.25, -0.2) is 0 Å². The van der Waals surface area contributed by atoms with Crippen LogP contribution in [0, 0.1) is 5.92 Å². The van der Waals surface area contributed by atoms with E-state index in [1.165, 1.54) is 77.7 Å². The highest BCUT2D eigenvalue weighted by molar-refractivity contribution is 5.88. The smallest absolute Gasteiger partial charge is 0.306 e. The van der Waals surface area contributed by atoms with E-state index in [0.717, 1.165) is 29.5 Å². The number of ether oxygens (including phenoxy) is 8. The van der Waals surface area contributed by atoms with E-state index in [4.69, 9.17) is 37.9 Å². The predicted octanol–water partition coefficient (Wildman–Crippen LogP) is 8.86. The number of hydrogen-bond acceptors (Lipinski definition) is 13. The molecule has 440 valence electrons. The molecule has 1 aliphatic rings. The molecule has 0 spiro atoms. The summed E-state index contributed by atoms with van der Waals surface area (Å²) in [5.74, 6) is 0.0629. The maximum absolute atomic E-state index is 14.6. The second-order valence-electron chi connectivity index (χ2n) is 20.1. The van der Waals surface area contributed by atoms with Crippen molar-refractivity contribution in [1.29, 1.82) is 0 Å². The SMILES string of the molecule is CCCCCCCCCCCCCCCC(=O)NCCOCCOCCOCCOCCC(=O)N[C@@H](COC(c1ccccc1)(c1ccc(OC)cc1)c1ccc(OC)cc1)C(=O)N1CCC(COC(=O)CCC(=O)NC)CC1. The molecule has 1 heterocycles. The van der Waals surface area contributed by atoms with Crippen LogP contribution in [0.4, 0.5) is 0 Å². The lowest BCUT2D eigenvalue weighted by atomic mass is 9.80. The molecule has 3 aromatic carbocycles. The Hall–Kier alpha value is -5.59. The van der Waals surface area contributed by atoms with Gasteiger partial charge < -0.3 is 58.7 Å². The highest BCUT2D eigenvalue weighted by atomic mass is 16.6. The van der Waals surface area contributed by atoms with Crippen LogP contribution in [-0.2, 0) is 58.0 Å². The highest BCUT2D eigenvalue weighted by Crippen LogP contribution is 2.42. The second kappa shape index (κ2) is 40.6. The zero-order chi connectivity index (χ0) is 56.6. The number of carbonyl (C=O) groups excluding carboxylic acids is 5. The molecule has 0 saturated carbocycles. The molecule has 1 aliphatic heterocycles. The van der Waals surface area contributed by atoms with Crippen LogP contribution in [0.2, 0.25) is 0 Å². The Labute approximate surface area is 471 Å². The number of methoxy groups -OCH3 is 2. The van der Waals surface area contributed by atoms with Crippen LogP contribution in [0.5, 0.6) is 11.5 Å². The zero-order valence-corrected chi connectivity index (χ0v) is 48.0. The number of amides is 4. The van der Waals surface area contributed by atoms with Crippen LogP contribution < -0.4 is 25.4 Å². The molecule has 0 aliphatic carbocycles. The minimum Gasteiger partial charge on any atom is -0.497 e. The van der Waals surface area contributed by atoms with E-state index in [9.17, 15) is 24.0 Å². The van der Waals surface area contributed by atoms with Crippen LogP contribution in [-0.4, -0.2) is 148 Å². The second-order valence-corrected chi connectivity index (χ2v) is 20.1. The van der Waals surface area contributed by atoms with Gasteiger partial charge in [-0.15, -0.1) is 0 Å². The largest absolute Gasteiger partial charge is 0.497 e. The molecule has 0 aromatic heterocycles. The lowest BCUT2D eigenvalue weighted by Crippen LogP contribution is -2.54. The third-order valence-corrected chi connectivity index (χ3v) is 14.2. The number of esters is 1. The average molecular weight is 1100 g/mol. The van der Waals surface area contributed by atoms with Crippen molar-refractivity contribution in [2.45, 2.75) is 141 Å². The van der Waals surface area contributed by atoms with Gasteiger partial charge in [0, 0.05) is 45.9 Å². The van der Waals surface area contributed by atoms with E-state index in [0.29, 0.717) is 90.0 Å². The van der Waals surface area contributed by atoms with Crippen LogP contribution in [0.3, 0.4) is 0 Å². The first kappa shape index (κ1) is 65.9. The van der Waals surface area contributed by atoms with Gasteiger partial charge in [-0.05, 0) is 66.1 Å². The van der Waals surface area contributed by atoms with Crippen molar-refractivity contribution in [3.8, 4) is 11.5 Å². The quantitative estimate of drug-likeness (QED) is 0.0276. The molecular formula is C62H94N4O13. The lowest BCUT2D eigenvalue weighted by Gasteiger charge is -2.38. The topological polar surface area (TPSA) is 199 Å². The van der Waals surface area contributed by atoms with Crippen LogP contribution >= 0.6 is 0 Å². The molecule has 1 atom stereocenters. The summed E-state index contributed by atoms with van der Waals surface area (Å²) in [5.41, 5.74) is 1.10. The molecule has 17 nitrogen and oxygen atoms in total. The Morgan fingerprint density at radius 3 is 1.57 bits per heavy atom. The minimum absolute atomic E-state index is 0.00775. The number of benzene rings is 3. The van der Waals surface area contributed by atoms with Crippen molar-refractivity contribution in [2.24, 2.45) is 5.92 Å². The van der Waals surface area contributed by atoms with Gasteiger partial charge in [0.15, 0.2) is 0 Å². The monoisotopic (exact) mass is 1100 g/mol. The number of rotatable bonds is 44. The molecule has 1 saturated heterocycles. The van der Waals surface area contributed by atoms with Crippen LogP contribution in [0.25, 0.3) is 0 Å². The summed E-state index contributed by atoms with van der Waals surface area (Å²) in [6, 6.07) is 23.8. The lowest BCUT2D eigenvalue weighted by molar-refractivity contribution is -0.148. The fourth-order valence-corrected chi connectivity index (χ4v) is 9.47. The molecule has 3 N–H and O–H groups in total. The molecule has 0 unspecified atom stereocenters. The van der Waals surface area contributed by atoms with Gasteiger partial charge in [0.1, 0.15) is 23.1 Å². The molecule has 0 bridgehead atoms. The van der Waals surface area contributed by atoms with E-state index in [1.54, 1.807) is 19.1 Å². The van der Waals surface area contributed by atoms with Crippen molar-refractivity contribution in [2.75, 3.05) is 107 Å². The van der Waals surface area contributed by atoms with Gasteiger partial charge in [0.05, 0.1) is 86.7 Å². The van der Waals surface area contributed by atoms with Gasteiger partial charge in [-0.3, -0.25) is 24.0 Å². The van der Waals surface area contributed by atoms with Crippen LogP contribution in [0.1, 0.15) is 146 Å². The number of nitrogens with one attached hydrogen (secondary N) is 3. The number of likely N-dealkylation sites (tertiary alicyclic amines) is 1. The van der Waals surface area contributed by atoms with Crippen LogP contribution in [0.15, 0.2) is 78.9 Å². The average Bonchev–Trinajstić information content (AvgIpc) is 3.59. The van der Waals surface area contributed by atoms with Crippen molar-refractivity contribution in [3.05, 3.63) is 95.6 Å². The fraction of sp³-hybridized carbons (Fsp3) is 0.629. The maximum Gasteiger partial charge on any atom is 0.306 e. The third kappa shape index (κ3) is 26.0. The van der Waals surface area contributed by atoms with Crippen molar-refractivity contribution < 1.29 is 61.9 Å². The minimum atomic E-state index is -1.25. The van der Waals surface area contributed by atoms with Gasteiger partial charge >= 0.3 is 5.97 Å². The van der Waals surface area contributed by atoms with E-state index in [1.807, 2.05) is 78.9 Å². The first-order valence-electron chi connectivity index (χ1n) is 29.1. The zero-order valence-electron chi connectivity index (χ0n) is 48.0. The van der Waals surface area contributed by atoms with Gasteiger partial charge in [0.25, 0.3) is 0 Å². The summed E-state index contributed by atoms with van der Waals surface area (Å²) < 4.78 is 46.2. The molecule has 17 heteroatoms. The molecule has 1 fully saturated rings. The fourth-order valence-electron chi connectivity index (χ4n) is 9.47. The Morgan fingerprint density at radius 2 is 1.05 bits per heavy atom. The van der Waals surface area contributed by atoms with E-state index in [-0.39, 0.29) is 75.2 Å².